The normalized spacial score (nSPS) is 11.6. The van der Waals surface area contributed by atoms with E-state index in [1.807, 2.05) is 39.0 Å². The maximum Gasteiger partial charge on any atom is 0.341 e. The zero-order valence-corrected chi connectivity index (χ0v) is 15.0. The van der Waals surface area contributed by atoms with Crippen LogP contribution < -0.4 is 4.90 Å². The van der Waals surface area contributed by atoms with E-state index in [1.54, 1.807) is 4.90 Å². The van der Waals surface area contributed by atoms with Crippen LogP contribution in [-0.4, -0.2) is 26.6 Å². The lowest BCUT2D eigenvalue weighted by Crippen LogP contribution is -2.31. The Balaban J connectivity index is 2.37. The molecule has 0 aliphatic carbocycles. The average molecular weight is 367 g/mol. The topological polar surface area (TPSA) is 54.5 Å². The molecule has 0 saturated heterocycles. The Hall–Kier alpha value is -2.28. The lowest BCUT2D eigenvalue weighted by Gasteiger charge is -2.23. The minimum Gasteiger partial charge on any atom is -0.308 e. The second kappa shape index (κ2) is 7.31. The summed E-state index contributed by atoms with van der Waals surface area (Å²) < 4.78 is 48.1. The number of carbonyl (C=O) groups is 1. The highest BCUT2D eigenvalue weighted by atomic mass is 32.2. The molecular formula is C18H19F2NO3S. The minimum absolute atomic E-state index is 0.232. The molecule has 0 bridgehead atoms. The number of sulfone groups is 1. The van der Waals surface area contributed by atoms with Crippen LogP contribution in [0.2, 0.25) is 0 Å². The number of halogens is 2. The molecule has 7 heteroatoms. The first-order valence-electron chi connectivity index (χ1n) is 7.69. The van der Waals surface area contributed by atoms with E-state index in [-0.39, 0.29) is 11.5 Å². The number of amides is 1. The summed E-state index contributed by atoms with van der Waals surface area (Å²) in [5, 5.41) is 0. The average Bonchev–Trinajstić information content (AvgIpc) is 2.58. The Morgan fingerprint density at radius 3 is 2.20 bits per heavy atom. The van der Waals surface area contributed by atoms with Crippen molar-refractivity contribution in [2.24, 2.45) is 0 Å². The third kappa shape index (κ3) is 3.87. The van der Waals surface area contributed by atoms with E-state index in [0.29, 0.717) is 6.54 Å². The van der Waals surface area contributed by atoms with E-state index in [9.17, 15) is 22.0 Å². The van der Waals surface area contributed by atoms with Gasteiger partial charge >= 0.3 is 5.76 Å². The molecule has 0 aromatic heterocycles. The molecule has 0 radical (unpaired) electrons. The summed E-state index contributed by atoms with van der Waals surface area (Å²) in [6, 6.07) is 10.3. The molecule has 0 aliphatic heterocycles. The van der Waals surface area contributed by atoms with Gasteiger partial charge in [-0.25, -0.2) is 8.42 Å². The molecule has 25 heavy (non-hydrogen) atoms. The van der Waals surface area contributed by atoms with Gasteiger partial charge in [-0.1, -0.05) is 12.1 Å². The number of alkyl halides is 2. The van der Waals surface area contributed by atoms with Crippen LogP contribution in [0, 0.1) is 13.8 Å². The smallest absolute Gasteiger partial charge is 0.308 e. The number of hydrogen-bond donors (Lipinski definition) is 0. The van der Waals surface area contributed by atoms with Gasteiger partial charge < -0.3 is 4.90 Å². The fourth-order valence-corrected chi connectivity index (χ4v) is 3.20. The van der Waals surface area contributed by atoms with Gasteiger partial charge in [0.25, 0.3) is 5.91 Å². The first kappa shape index (κ1) is 19.1. The van der Waals surface area contributed by atoms with Crippen molar-refractivity contribution in [3.05, 3.63) is 59.2 Å². The molecule has 2 aromatic carbocycles. The van der Waals surface area contributed by atoms with E-state index in [0.717, 1.165) is 28.9 Å². The van der Waals surface area contributed by atoms with Crippen molar-refractivity contribution >= 4 is 21.4 Å². The Labute approximate surface area is 146 Å². The van der Waals surface area contributed by atoms with Gasteiger partial charge in [-0.15, -0.1) is 0 Å². The summed E-state index contributed by atoms with van der Waals surface area (Å²) in [6.45, 7) is 6.06. The Bertz CT molecular complexity index is 878. The van der Waals surface area contributed by atoms with Gasteiger partial charge in [0.2, 0.25) is 9.84 Å². The van der Waals surface area contributed by atoms with Crippen molar-refractivity contribution in [1.82, 2.24) is 0 Å². The first-order chi connectivity index (χ1) is 11.7. The van der Waals surface area contributed by atoms with Gasteiger partial charge in [-0.2, -0.15) is 8.78 Å². The standard InChI is InChI=1S/C18H19F2NO3S/c1-4-21(16-11-12(2)5-6-13(16)3)17(22)14-7-9-15(10-8-14)25(23,24)18(19)20/h5-11,18H,4H2,1-3H3. The van der Waals surface area contributed by atoms with Gasteiger partial charge in [-0.3, -0.25) is 4.79 Å². The van der Waals surface area contributed by atoms with Crippen molar-refractivity contribution in [2.75, 3.05) is 11.4 Å². The fraction of sp³-hybridized carbons (Fsp3) is 0.278. The molecule has 0 atom stereocenters. The van der Waals surface area contributed by atoms with Crippen LogP contribution in [0.3, 0.4) is 0 Å². The van der Waals surface area contributed by atoms with Crippen LogP contribution in [-0.2, 0) is 9.84 Å². The van der Waals surface area contributed by atoms with Crippen molar-refractivity contribution in [3.8, 4) is 0 Å². The van der Waals surface area contributed by atoms with Gasteiger partial charge in [0.05, 0.1) is 4.90 Å². The predicted octanol–water partition coefficient (Wildman–Crippen LogP) is 3.97. The lowest BCUT2D eigenvalue weighted by molar-refractivity contribution is 0.0988. The molecule has 0 aliphatic rings. The first-order valence-corrected chi connectivity index (χ1v) is 9.24. The van der Waals surface area contributed by atoms with Gasteiger partial charge in [-0.05, 0) is 62.2 Å². The monoisotopic (exact) mass is 367 g/mol. The summed E-state index contributed by atoms with van der Waals surface area (Å²) in [6.07, 6.45) is 0. The molecule has 0 N–H and O–H groups in total. The molecule has 0 spiro atoms. The van der Waals surface area contributed by atoms with Gasteiger partial charge in [0, 0.05) is 17.8 Å². The predicted molar refractivity (Wildman–Crippen MR) is 92.9 cm³/mol. The second-order valence-corrected chi connectivity index (χ2v) is 7.59. The molecule has 2 rings (SSSR count). The van der Waals surface area contributed by atoms with Crippen LogP contribution in [0.1, 0.15) is 28.4 Å². The Morgan fingerprint density at radius 2 is 1.68 bits per heavy atom. The highest BCUT2D eigenvalue weighted by molar-refractivity contribution is 7.91. The highest BCUT2D eigenvalue weighted by Gasteiger charge is 2.27. The van der Waals surface area contributed by atoms with E-state index in [4.69, 9.17) is 0 Å². The third-order valence-electron chi connectivity index (χ3n) is 3.88. The molecule has 4 nitrogen and oxygen atoms in total. The maximum atomic E-state index is 12.8. The second-order valence-electron chi connectivity index (χ2n) is 5.67. The number of anilines is 1. The van der Waals surface area contributed by atoms with Gasteiger partial charge in [0.15, 0.2) is 0 Å². The number of benzene rings is 2. The number of carbonyl (C=O) groups excluding carboxylic acids is 1. The molecule has 1 amide bonds. The molecule has 0 saturated carbocycles. The molecule has 2 aromatic rings. The van der Waals surface area contributed by atoms with Gasteiger partial charge in [0.1, 0.15) is 0 Å². The Morgan fingerprint density at radius 1 is 1.08 bits per heavy atom. The molecular weight excluding hydrogens is 348 g/mol. The van der Waals surface area contributed by atoms with Crippen molar-refractivity contribution in [1.29, 1.82) is 0 Å². The van der Waals surface area contributed by atoms with E-state index < -0.39 is 20.5 Å². The minimum atomic E-state index is -4.67. The van der Waals surface area contributed by atoms with Crippen LogP contribution in [0.25, 0.3) is 0 Å². The molecule has 0 heterocycles. The van der Waals surface area contributed by atoms with E-state index in [1.165, 1.54) is 12.1 Å². The summed E-state index contributed by atoms with van der Waals surface area (Å²) in [7, 11) is -4.67. The van der Waals surface area contributed by atoms with Crippen molar-refractivity contribution in [2.45, 2.75) is 31.4 Å². The number of aryl methyl sites for hydroxylation is 2. The summed E-state index contributed by atoms with van der Waals surface area (Å²) in [5.41, 5.74) is 2.93. The van der Waals surface area contributed by atoms with Crippen LogP contribution in [0.4, 0.5) is 14.5 Å². The number of rotatable bonds is 5. The maximum absolute atomic E-state index is 12.8. The number of hydrogen-bond acceptors (Lipinski definition) is 3. The molecule has 0 unspecified atom stereocenters. The zero-order valence-electron chi connectivity index (χ0n) is 14.2. The lowest BCUT2D eigenvalue weighted by atomic mass is 10.1. The fourth-order valence-electron chi connectivity index (χ4n) is 2.48. The SMILES string of the molecule is CCN(C(=O)c1ccc(S(=O)(=O)C(F)F)cc1)c1cc(C)ccc1C. The highest BCUT2D eigenvalue weighted by Crippen LogP contribution is 2.24. The quantitative estimate of drug-likeness (QED) is 0.804. The van der Waals surface area contributed by atoms with E-state index >= 15 is 0 Å². The molecule has 0 fully saturated rings. The summed E-state index contributed by atoms with van der Waals surface area (Å²) in [5.74, 6) is -3.81. The van der Waals surface area contributed by atoms with Crippen LogP contribution in [0.15, 0.2) is 47.4 Å². The number of nitrogens with zero attached hydrogens (tertiary/aromatic N) is 1. The largest absolute Gasteiger partial charge is 0.341 e. The third-order valence-corrected chi connectivity index (χ3v) is 5.28. The van der Waals surface area contributed by atoms with Crippen molar-refractivity contribution < 1.29 is 22.0 Å². The van der Waals surface area contributed by atoms with E-state index in [2.05, 4.69) is 0 Å². The molecule has 134 valence electrons. The van der Waals surface area contributed by atoms with Crippen LogP contribution in [0.5, 0.6) is 0 Å². The zero-order chi connectivity index (χ0) is 18.8. The summed E-state index contributed by atoms with van der Waals surface area (Å²) >= 11 is 0. The Kier molecular flexibility index (Phi) is 5.57. The van der Waals surface area contributed by atoms with Crippen LogP contribution >= 0.6 is 0 Å². The van der Waals surface area contributed by atoms with Crippen molar-refractivity contribution in [3.63, 3.8) is 0 Å². The summed E-state index contributed by atoms with van der Waals surface area (Å²) in [4.78, 5) is 13.8.